The number of amides is 1. The molecule has 0 fully saturated rings. The number of aryl methyl sites for hydroxylation is 1. The Bertz CT molecular complexity index is 1240. The van der Waals surface area contributed by atoms with Gasteiger partial charge in [-0.1, -0.05) is 25.1 Å². The van der Waals surface area contributed by atoms with Crippen LogP contribution in [0.1, 0.15) is 35.0 Å². The van der Waals surface area contributed by atoms with Crippen LogP contribution in [0.2, 0.25) is 0 Å². The molecule has 1 unspecified atom stereocenters. The number of esters is 1. The van der Waals surface area contributed by atoms with Gasteiger partial charge in [-0.05, 0) is 58.8 Å². The van der Waals surface area contributed by atoms with Crippen LogP contribution in [0.25, 0.3) is 10.9 Å². The van der Waals surface area contributed by atoms with Crippen LogP contribution in [0, 0.1) is 16.0 Å². The molecule has 1 N–H and O–H groups in total. The first kappa shape index (κ1) is 21.9. The molecule has 32 heavy (non-hydrogen) atoms. The summed E-state index contributed by atoms with van der Waals surface area (Å²) in [4.78, 5) is 40.5. The highest BCUT2D eigenvalue weighted by atomic mass is 79.9. The number of anilines is 1. The summed E-state index contributed by atoms with van der Waals surface area (Å²) in [5.74, 6) is -0.680. The van der Waals surface area contributed by atoms with Gasteiger partial charge < -0.3 is 10.1 Å². The van der Waals surface area contributed by atoms with Crippen LogP contribution < -0.4 is 5.32 Å². The van der Waals surface area contributed by atoms with E-state index in [4.69, 9.17) is 9.72 Å². The highest BCUT2D eigenvalue weighted by Crippen LogP contribution is 2.32. The Kier molecular flexibility index (Phi) is 6.18. The summed E-state index contributed by atoms with van der Waals surface area (Å²) in [6.07, 6.45) is 2.55. The molecule has 8 nitrogen and oxygen atoms in total. The van der Waals surface area contributed by atoms with Gasteiger partial charge in [0.1, 0.15) is 0 Å². The molecule has 1 aliphatic carbocycles. The molecule has 4 rings (SSSR count). The van der Waals surface area contributed by atoms with Crippen molar-refractivity contribution in [3.8, 4) is 0 Å². The van der Waals surface area contributed by atoms with Crippen LogP contribution >= 0.6 is 15.9 Å². The molecule has 1 aromatic heterocycles. The molecule has 0 spiro atoms. The van der Waals surface area contributed by atoms with Gasteiger partial charge in [0.2, 0.25) is 0 Å². The maximum atomic E-state index is 13.1. The van der Waals surface area contributed by atoms with Crippen LogP contribution in [0.3, 0.4) is 0 Å². The molecule has 1 heterocycles. The summed E-state index contributed by atoms with van der Waals surface area (Å²) in [7, 11) is 0. The molecule has 3 aromatic rings. The maximum absolute atomic E-state index is 13.1. The molecule has 9 heteroatoms. The van der Waals surface area contributed by atoms with E-state index in [1.54, 1.807) is 0 Å². The van der Waals surface area contributed by atoms with E-state index in [0.717, 1.165) is 36.0 Å². The minimum atomic E-state index is -0.563. The number of carbonyl (C=O) groups is 2. The number of carbonyl (C=O) groups excluding carboxylic acids is 2. The number of aromatic nitrogens is 1. The Labute approximate surface area is 192 Å². The minimum absolute atomic E-state index is 0.107. The number of nitrogens with zero attached hydrogens (tertiary/aromatic N) is 2. The molecule has 1 aliphatic rings. The highest BCUT2D eigenvalue weighted by molar-refractivity contribution is 9.10. The third kappa shape index (κ3) is 4.47. The van der Waals surface area contributed by atoms with E-state index in [1.807, 2.05) is 24.3 Å². The Morgan fingerprint density at radius 1 is 1.28 bits per heavy atom. The van der Waals surface area contributed by atoms with Gasteiger partial charge in [-0.3, -0.25) is 19.9 Å². The SMILES string of the molecule is CC1CCc2nc3ccccc3c(C(=O)OCC(=O)Nc3ccc([N+](=O)[O-])cc3Br)c2C1. The number of para-hydroxylation sites is 1. The number of nitro groups is 1. The molecule has 2 aromatic carbocycles. The summed E-state index contributed by atoms with van der Waals surface area (Å²) in [6, 6.07) is 11.4. The normalized spacial score (nSPS) is 15.1. The third-order valence-corrected chi connectivity index (χ3v) is 6.14. The van der Waals surface area contributed by atoms with Crippen molar-refractivity contribution in [2.75, 3.05) is 11.9 Å². The van der Waals surface area contributed by atoms with Crippen molar-refractivity contribution in [3.63, 3.8) is 0 Å². The predicted octanol–water partition coefficient (Wildman–Crippen LogP) is 4.83. The van der Waals surface area contributed by atoms with Crippen molar-refractivity contribution in [1.29, 1.82) is 0 Å². The van der Waals surface area contributed by atoms with Crippen molar-refractivity contribution in [3.05, 3.63) is 73.9 Å². The molecular weight excluding hydrogens is 478 g/mol. The van der Waals surface area contributed by atoms with E-state index >= 15 is 0 Å². The minimum Gasteiger partial charge on any atom is -0.452 e. The number of fused-ring (bicyclic) bond motifs is 2. The lowest BCUT2D eigenvalue weighted by atomic mass is 9.84. The number of ether oxygens (including phenoxy) is 1. The molecule has 0 saturated heterocycles. The largest absolute Gasteiger partial charge is 0.452 e. The fourth-order valence-corrected chi connectivity index (χ4v) is 4.37. The second-order valence-electron chi connectivity index (χ2n) is 7.82. The van der Waals surface area contributed by atoms with Crippen LogP contribution in [0.15, 0.2) is 46.9 Å². The Balaban J connectivity index is 1.53. The predicted molar refractivity (Wildman–Crippen MR) is 123 cm³/mol. The number of rotatable bonds is 5. The molecule has 0 radical (unpaired) electrons. The van der Waals surface area contributed by atoms with Crippen LogP contribution in [-0.4, -0.2) is 28.4 Å². The number of non-ortho nitro benzene ring substituents is 1. The Hall–Kier alpha value is -3.33. The van der Waals surface area contributed by atoms with E-state index < -0.39 is 23.4 Å². The summed E-state index contributed by atoms with van der Waals surface area (Å²) < 4.78 is 5.73. The number of nitro benzene ring substituents is 1. The first-order valence-electron chi connectivity index (χ1n) is 10.1. The van der Waals surface area contributed by atoms with Gasteiger partial charge >= 0.3 is 5.97 Å². The zero-order valence-electron chi connectivity index (χ0n) is 17.3. The van der Waals surface area contributed by atoms with E-state index in [1.165, 1.54) is 18.2 Å². The smallest absolute Gasteiger partial charge is 0.339 e. The lowest BCUT2D eigenvalue weighted by Gasteiger charge is -2.24. The molecule has 1 atom stereocenters. The third-order valence-electron chi connectivity index (χ3n) is 5.48. The second kappa shape index (κ2) is 9.04. The number of hydrogen-bond acceptors (Lipinski definition) is 6. The van der Waals surface area contributed by atoms with Crippen molar-refractivity contribution >= 4 is 50.1 Å². The van der Waals surface area contributed by atoms with Crippen molar-refractivity contribution in [1.82, 2.24) is 4.98 Å². The van der Waals surface area contributed by atoms with E-state index in [2.05, 4.69) is 28.2 Å². The average Bonchev–Trinajstić information content (AvgIpc) is 2.77. The number of halogens is 1. The number of pyridine rings is 1. The summed E-state index contributed by atoms with van der Waals surface area (Å²) in [6.45, 7) is 1.66. The molecule has 164 valence electrons. The Morgan fingerprint density at radius 2 is 2.06 bits per heavy atom. The first-order chi connectivity index (χ1) is 15.3. The molecule has 0 bridgehead atoms. The molecular formula is C23H20BrN3O5. The topological polar surface area (TPSA) is 111 Å². The number of nitrogens with one attached hydrogen (secondary N) is 1. The highest BCUT2D eigenvalue weighted by Gasteiger charge is 2.26. The zero-order valence-corrected chi connectivity index (χ0v) is 18.8. The van der Waals surface area contributed by atoms with Gasteiger partial charge in [-0.2, -0.15) is 0 Å². The second-order valence-corrected chi connectivity index (χ2v) is 8.68. The summed E-state index contributed by atoms with van der Waals surface area (Å²) in [5.41, 5.74) is 3.24. The van der Waals surface area contributed by atoms with Crippen LogP contribution in [0.5, 0.6) is 0 Å². The fraction of sp³-hybridized carbons (Fsp3) is 0.261. The number of hydrogen-bond donors (Lipinski definition) is 1. The molecule has 0 saturated carbocycles. The summed E-state index contributed by atoms with van der Waals surface area (Å²) in [5, 5.41) is 14.2. The lowest BCUT2D eigenvalue weighted by Crippen LogP contribution is -2.23. The van der Waals surface area contributed by atoms with Crippen molar-refractivity contribution < 1.29 is 19.2 Å². The summed E-state index contributed by atoms with van der Waals surface area (Å²) >= 11 is 3.20. The van der Waals surface area contributed by atoms with Gasteiger partial charge in [0.05, 0.1) is 21.7 Å². The van der Waals surface area contributed by atoms with Crippen LogP contribution in [-0.2, 0) is 22.4 Å². The van der Waals surface area contributed by atoms with Crippen molar-refractivity contribution in [2.24, 2.45) is 5.92 Å². The van der Waals surface area contributed by atoms with Gasteiger partial charge in [0.25, 0.3) is 11.6 Å². The van der Waals surface area contributed by atoms with Crippen LogP contribution in [0.4, 0.5) is 11.4 Å². The fourth-order valence-electron chi connectivity index (χ4n) is 3.90. The molecule has 1 amide bonds. The monoisotopic (exact) mass is 497 g/mol. The van der Waals surface area contributed by atoms with E-state index in [0.29, 0.717) is 27.0 Å². The zero-order chi connectivity index (χ0) is 22.8. The average molecular weight is 498 g/mol. The lowest BCUT2D eigenvalue weighted by molar-refractivity contribution is -0.384. The van der Waals surface area contributed by atoms with Gasteiger partial charge in [0.15, 0.2) is 6.61 Å². The quantitative estimate of drug-likeness (QED) is 0.307. The Morgan fingerprint density at radius 3 is 2.81 bits per heavy atom. The standard InChI is InChI=1S/C23H20BrN3O5/c1-13-6-8-19-16(10-13)22(15-4-2-3-5-18(15)25-19)23(29)32-12-21(28)26-20-9-7-14(27(30)31)11-17(20)24/h2-5,7,9,11,13H,6,8,10,12H2,1H3,(H,26,28). The van der Waals surface area contributed by atoms with E-state index in [9.17, 15) is 19.7 Å². The number of benzene rings is 2. The van der Waals surface area contributed by atoms with Gasteiger partial charge in [-0.25, -0.2) is 4.79 Å². The van der Waals surface area contributed by atoms with Crippen molar-refractivity contribution in [2.45, 2.75) is 26.2 Å². The first-order valence-corrected chi connectivity index (χ1v) is 10.9. The maximum Gasteiger partial charge on any atom is 0.339 e. The van der Waals surface area contributed by atoms with Gasteiger partial charge in [0, 0.05) is 27.7 Å². The van der Waals surface area contributed by atoms with Gasteiger partial charge in [-0.15, -0.1) is 0 Å². The molecule has 0 aliphatic heterocycles. The van der Waals surface area contributed by atoms with E-state index in [-0.39, 0.29) is 5.69 Å².